The number of carbonyl (C=O) groups excluding carboxylic acids is 3. The van der Waals surface area contributed by atoms with Crippen LogP contribution in [0.1, 0.15) is 38.2 Å². The molecule has 32 heavy (non-hydrogen) atoms. The predicted molar refractivity (Wildman–Crippen MR) is 119 cm³/mol. The van der Waals surface area contributed by atoms with Crippen molar-refractivity contribution < 1.29 is 23.9 Å². The zero-order valence-corrected chi connectivity index (χ0v) is 18.2. The lowest BCUT2D eigenvalue weighted by Gasteiger charge is -2.26. The molecule has 9 heteroatoms. The summed E-state index contributed by atoms with van der Waals surface area (Å²) in [5.41, 5.74) is 1.96. The number of benzene rings is 2. The molecule has 1 aliphatic heterocycles. The van der Waals surface area contributed by atoms with Gasteiger partial charge >= 0.3 is 6.16 Å². The topological polar surface area (TPSA) is 97.8 Å². The number of carbonyl (C=O) groups is 3. The van der Waals surface area contributed by atoms with Gasteiger partial charge in [0.2, 0.25) is 0 Å². The summed E-state index contributed by atoms with van der Waals surface area (Å²) in [5, 5.41) is 3.29. The lowest BCUT2D eigenvalue weighted by molar-refractivity contribution is 0.0736. The van der Waals surface area contributed by atoms with E-state index in [1.807, 2.05) is 18.2 Å². The molecule has 1 aromatic heterocycles. The van der Waals surface area contributed by atoms with Crippen molar-refractivity contribution in [2.75, 3.05) is 18.5 Å². The number of ether oxygens (including phenoxy) is 2. The van der Waals surface area contributed by atoms with E-state index in [2.05, 4.69) is 10.3 Å². The molecule has 0 saturated carbocycles. The molecular formula is C23H21N3O5S. The van der Waals surface area contributed by atoms with Crippen LogP contribution >= 0.6 is 11.3 Å². The summed E-state index contributed by atoms with van der Waals surface area (Å²) < 4.78 is 9.71. The highest BCUT2D eigenvalue weighted by molar-refractivity contribution is 7.15. The Balaban J connectivity index is 1.38. The lowest BCUT2D eigenvalue weighted by Crippen LogP contribution is -2.35. The fraction of sp³-hybridized carbons (Fsp3) is 0.217. The Morgan fingerprint density at radius 3 is 2.53 bits per heavy atom. The Hall–Kier alpha value is -3.72. The first kappa shape index (κ1) is 21.5. The third-order valence-corrected chi connectivity index (χ3v) is 5.84. The molecule has 0 radical (unpaired) electrons. The van der Waals surface area contributed by atoms with Crippen molar-refractivity contribution in [1.82, 2.24) is 9.88 Å². The normalized spacial score (nSPS) is 12.6. The second-order valence-corrected chi connectivity index (χ2v) is 8.08. The van der Waals surface area contributed by atoms with Gasteiger partial charge in [0, 0.05) is 29.0 Å². The lowest BCUT2D eigenvalue weighted by atomic mass is 10.1. The largest absolute Gasteiger partial charge is 0.513 e. The van der Waals surface area contributed by atoms with E-state index in [1.54, 1.807) is 36.1 Å². The summed E-state index contributed by atoms with van der Waals surface area (Å²) in [6.07, 6.45) is -0.155. The van der Waals surface area contributed by atoms with Gasteiger partial charge in [-0.3, -0.25) is 14.9 Å². The standard InChI is InChI=1S/C23H21N3O5S/c1-2-30-23(29)31-17-10-8-15(9-11-17)20(27)25-22-24-18-12-13-26(14-19(18)32-22)21(28)16-6-4-3-5-7-16/h3-11H,2,12-14H2,1H3,(H,24,25,27). The molecule has 1 aliphatic rings. The molecule has 1 N–H and O–H groups in total. The summed E-state index contributed by atoms with van der Waals surface area (Å²) in [6, 6.07) is 15.3. The molecule has 0 bridgehead atoms. The van der Waals surface area contributed by atoms with Crippen LogP contribution in [-0.4, -0.2) is 41.0 Å². The van der Waals surface area contributed by atoms with E-state index in [0.29, 0.717) is 35.8 Å². The number of aromatic nitrogens is 1. The number of anilines is 1. The van der Waals surface area contributed by atoms with Gasteiger partial charge in [-0.1, -0.05) is 29.5 Å². The van der Waals surface area contributed by atoms with Crippen LogP contribution in [0.5, 0.6) is 5.75 Å². The van der Waals surface area contributed by atoms with Crippen molar-refractivity contribution in [2.45, 2.75) is 19.9 Å². The van der Waals surface area contributed by atoms with Crippen molar-refractivity contribution in [3.63, 3.8) is 0 Å². The Kier molecular flexibility index (Phi) is 6.46. The molecule has 164 valence electrons. The third kappa shape index (κ3) is 4.94. The monoisotopic (exact) mass is 451 g/mol. The molecule has 2 aromatic carbocycles. The number of rotatable bonds is 5. The van der Waals surface area contributed by atoms with E-state index >= 15 is 0 Å². The highest BCUT2D eigenvalue weighted by atomic mass is 32.1. The molecule has 0 atom stereocenters. The smallest absolute Gasteiger partial charge is 0.434 e. The SMILES string of the molecule is CCOC(=O)Oc1ccc(C(=O)Nc2nc3c(s2)CN(C(=O)c2ccccc2)CC3)cc1. The highest BCUT2D eigenvalue weighted by Crippen LogP contribution is 2.29. The summed E-state index contributed by atoms with van der Waals surface area (Å²) in [6.45, 7) is 2.95. The van der Waals surface area contributed by atoms with Crippen LogP contribution in [0, 0.1) is 0 Å². The van der Waals surface area contributed by atoms with Gasteiger partial charge < -0.3 is 14.4 Å². The van der Waals surface area contributed by atoms with Crippen LogP contribution in [0.15, 0.2) is 54.6 Å². The van der Waals surface area contributed by atoms with Crippen molar-refractivity contribution in [2.24, 2.45) is 0 Å². The minimum Gasteiger partial charge on any atom is -0.434 e. The highest BCUT2D eigenvalue weighted by Gasteiger charge is 2.25. The van der Waals surface area contributed by atoms with Crippen LogP contribution in [-0.2, 0) is 17.7 Å². The molecule has 8 nitrogen and oxygen atoms in total. The van der Waals surface area contributed by atoms with Gasteiger partial charge in [0.15, 0.2) is 5.13 Å². The first-order valence-corrected chi connectivity index (χ1v) is 10.9. The molecule has 0 spiro atoms. The summed E-state index contributed by atoms with van der Waals surface area (Å²) in [4.78, 5) is 43.9. The maximum atomic E-state index is 12.7. The molecule has 0 fully saturated rings. The predicted octanol–water partition coefficient (Wildman–Crippen LogP) is 4.13. The van der Waals surface area contributed by atoms with Crippen LogP contribution in [0.4, 0.5) is 9.93 Å². The van der Waals surface area contributed by atoms with Crippen LogP contribution in [0.25, 0.3) is 0 Å². The van der Waals surface area contributed by atoms with Gasteiger partial charge in [0.05, 0.1) is 18.8 Å². The molecule has 0 saturated heterocycles. The Bertz CT molecular complexity index is 1130. The van der Waals surface area contributed by atoms with Crippen LogP contribution in [0.2, 0.25) is 0 Å². The Morgan fingerprint density at radius 2 is 1.81 bits per heavy atom. The molecule has 2 amide bonds. The first-order valence-electron chi connectivity index (χ1n) is 10.1. The molecule has 0 aliphatic carbocycles. The number of thiazole rings is 1. The summed E-state index contributed by atoms with van der Waals surface area (Å²) in [5.74, 6) is -0.0516. The average Bonchev–Trinajstić information content (AvgIpc) is 3.21. The quantitative estimate of drug-likeness (QED) is 0.463. The maximum absolute atomic E-state index is 12.7. The molecule has 4 rings (SSSR count). The van der Waals surface area contributed by atoms with Crippen molar-refractivity contribution >= 4 is 34.4 Å². The molecule has 0 unspecified atom stereocenters. The number of amides is 2. The third-order valence-electron chi connectivity index (χ3n) is 4.84. The molecule has 3 aromatic rings. The summed E-state index contributed by atoms with van der Waals surface area (Å²) >= 11 is 1.37. The van der Waals surface area contributed by atoms with Crippen molar-refractivity contribution in [1.29, 1.82) is 0 Å². The number of hydrogen-bond acceptors (Lipinski definition) is 7. The molecule has 2 heterocycles. The Labute approximate surface area is 188 Å². The van der Waals surface area contributed by atoms with Gasteiger partial charge in [0.25, 0.3) is 11.8 Å². The number of fused-ring (bicyclic) bond motifs is 1. The van der Waals surface area contributed by atoms with E-state index in [-0.39, 0.29) is 24.2 Å². The van der Waals surface area contributed by atoms with Gasteiger partial charge in [-0.05, 0) is 43.3 Å². The molecular weight excluding hydrogens is 430 g/mol. The van der Waals surface area contributed by atoms with Crippen LogP contribution in [0.3, 0.4) is 0 Å². The maximum Gasteiger partial charge on any atom is 0.513 e. The zero-order chi connectivity index (χ0) is 22.5. The van der Waals surface area contributed by atoms with Crippen molar-refractivity contribution in [3.05, 3.63) is 76.3 Å². The number of nitrogens with zero attached hydrogens (tertiary/aromatic N) is 2. The van der Waals surface area contributed by atoms with Crippen molar-refractivity contribution in [3.8, 4) is 5.75 Å². The van der Waals surface area contributed by atoms with Gasteiger partial charge in [-0.25, -0.2) is 9.78 Å². The fourth-order valence-corrected chi connectivity index (χ4v) is 4.29. The van der Waals surface area contributed by atoms with Gasteiger partial charge in [-0.15, -0.1) is 0 Å². The first-order chi connectivity index (χ1) is 15.5. The summed E-state index contributed by atoms with van der Waals surface area (Å²) in [7, 11) is 0. The van der Waals surface area contributed by atoms with E-state index < -0.39 is 6.16 Å². The van der Waals surface area contributed by atoms with E-state index in [4.69, 9.17) is 9.47 Å². The minimum absolute atomic E-state index is 0.0136. The second-order valence-electron chi connectivity index (χ2n) is 7.00. The number of hydrogen-bond donors (Lipinski definition) is 1. The van der Waals surface area contributed by atoms with E-state index in [1.165, 1.54) is 23.5 Å². The second kappa shape index (κ2) is 9.61. The Morgan fingerprint density at radius 1 is 1.06 bits per heavy atom. The average molecular weight is 452 g/mol. The minimum atomic E-state index is -0.794. The van der Waals surface area contributed by atoms with Gasteiger partial charge in [-0.2, -0.15) is 0 Å². The number of nitrogens with one attached hydrogen (secondary N) is 1. The zero-order valence-electron chi connectivity index (χ0n) is 17.4. The van der Waals surface area contributed by atoms with Crippen LogP contribution < -0.4 is 10.1 Å². The van der Waals surface area contributed by atoms with E-state index in [0.717, 1.165) is 10.6 Å². The fourth-order valence-electron chi connectivity index (χ4n) is 3.27. The van der Waals surface area contributed by atoms with E-state index in [9.17, 15) is 14.4 Å². The van der Waals surface area contributed by atoms with Gasteiger partial charge in [0.1, 0.15) is 5.75 Å².